The summed E-state index contributed by atoms with van der Waals surface area (Å²) in [6.07, 6.45) is 1.34. The van der Waals surface area contributed by atoms with Gasteiger partial charge in [-0.2, -0.15) is 0 Å². The van der Waals surface area contributed by atoms with Crippen LogP contribution in [0.1, 0.15) is 39.7 Å². The maximum Gasteiger partial charge on any atom is 0.244 e. The van der Waals surface area contributed by atoms with Crippen molar-refractivity contribution >= 4 is 39.1 Å². The van der Waals surface area contributed by atoms with Crippen LogP contribution in [0.25, 0.3) is 0 Å². The second-order valence-electron chi connectivity index (χ2n) is 9.58. The number of nitrogens with zero attached hydrogens (tertiary/aromatic N) is 2. The molecule has 0 bridgehead atoms. The van der Waals surface area contributed by atoms with Crippen LogP contribution < -0.4 is 19.1 Å². The van der Waals surface area contributed by atoms with E-state index in [9.17, 15) is 18.0 Å². The zero-order valence-electron chi connectivity index (χ0n) is 21.1. The highest BCUT2D eigenvalue weighted by molar-refractivity contribution is 7.92. The Morgan fingerprint density at radius 1 is 1.11 bits per heavy atom. The van der Waals surface area contributed by atoms with Gasteiger partial charge in [0, 0.05) is 23.2 Å². The fourth-order valence-electron chi connectivity index (χ4n) is 3.84. The summed E-state index contributed by atoms with van der Waals surface area (Å²) in [6.45, 7) is 6.90. The molecular weight excluding hydrogens is 506 g/mol. The number of ether oxygens (including phenoxy) is 2. The van der Waals surface area contributed by atoms with Crippen molar-refractivity contribution in [1.29, 1.82) is 0 Å². The van der Waals surface area contributed by atoms with Gasteiger partial charge in [0.05, 0.1) is 11.9 Å². The number of carbonyl (C=O) groups excluding carboxylic acids is 2. The Bertz CT molecular complexity index is 1230. The van der Waals surface area contributed by atoms with Gasteiger partial charge in [0.1, 0.15) is 12.6 Å². The molecule has 0 aromatic heterocycles. The maximum atomic E-state index is 13.7. The first-order valence-corrected chi connectivity index (χ1v) is 13.7. The molecule has 36 heavy (non-hydrogen) atoms. The van der Waals surface area contributed by atoms with E-state index in [4.69, 9.17) is 21.1 Å². The van der Waals surface area contributed by atoms with E-state index in [-0.39, 0.29) is 24.9 Å². The van der Waals surface area contributed by atoms with Gasteiger partial charge in [-0.25, -0.2) is 8.42 Å². The van der Waals surface area contributed by atoms with Crippen molar-refractivity contribution in [1.82, 2.24) is 10.2 Å². The van der Waals surface area contributed by atoms with Gasteiger partial charge in [0.2, 0.25) is 28.6 Å². The summed E-state index contributed by atoms with van der Waals surface area (Å²) < 4.78 is 37.2. The van der Waals surface area contributed by atoms with E-state index in [1.807, 2.05) is 20.8 Å². The smallest absolute Gasteiger partial charge is 0.244 e. The predicted molar refractivity (Wildman–Crippen MR) is 139 cm³/mol. The molecule has 2 amide bonds. The zero-order chi connectivity index (χ0) is 26.7. The molecule has 0 saturated heterocycles. The summed E-state index contributed by atoms with van der Waals surface area (Å²) in [6, 6.07) is 10.8. The Balaban J connectivity index is 1.97. The third-order valence-corrected chi connectivity index (χ3v) is 7.02. The van der Waals surface area contributed by atoms with E-state index in [0.29, 0.717) is 28.5 Å². The fraction of sp³-hybridized carbons (Fsp3) is 0.440. The SMILES string of the molecule is CCC(C(=O)NC(C)(C)C)N(Cc1ccccc1Cl)C(=O)CN(c1ccc2c(c1)OCO2)S(C)(=O)=O. The van der Waals surface area contributed by atoms with Gasteiger partial charge >= 0.3 is 0 Å². The minimum atomic E-state index is -3.86. The molecule has 2 aromatic carbocycles. The predicted octanol–water partition coefficient (Wildman–Crippen LogP) is 3.56. The van der Waals surface area contributed by atoms with Gasteiger partial charge in [0.25, 0.3) is 0 Å². The maximum absolute atomic E-state index is 13.7. The Kier molecular flexibility index (Phi) is 8.40. The summed E-state index contributed by atoms with van der Waals surface area (Å²) in [5.41, 5.74) is 0.373. The molecular formula is C25H32ClN3O6S. The Labute approximate surface area is 217 Å². The molecule has 2 aromatic rings. The van der Waals surface area contributed by atoms with Gasteiger partial charge in [-0.3, -0.25) is 13.9 Å². The minimum Gasteiger partial charge on any atom is -0.454 e. The number of sulfonamides is 1. The quantitative estimate of drug-likeness (QED) is 0.524. The molecule has 1 aliphatic rings. The number of nitrogens with one attached hydrogen (secondary N) is 1. The van der Waals surface area contributed by atoms with E-state index in [0.717, 1.165) is 10.6 Å². The Morgan fingerprint density at radius 2 is 1.78 bits per heavy atom. The number of anilines is 1. The van der Waals surface area contributed by atoms with E-state index in [1.165, 1.54) is 11.0 Å². The lowest BCUT2D eigenvalue weighted by atomic mass is 10.1. The number of hydrogen-bond acceptors (Lipinski definition) is 6. The molecule has 0 saturated carbocycles. The summed E-state index contributed by atoms with van der Waals surface area (Å²) in [7, 11) is -3.86. The Morgan fingerprint density at radius 3 is 2.39 bits per heavy atom. The van der Waals surface area contributed by atoms with Crippen molar-refractivity contribution < 1.29 is 27.5 Å². The van der Waals surface area contributed by atoms with E-state index >= 15 is 0 Å². The van der Waals surface area contributed by atoms with Crippen molar-refractivity contribution in [3.8, 4) is 11.5 Å². The molecule has 1 atom stereocenters. The molecule has 9 nitrogen and oxygen atoms in total. The van der Waals surface area contributed by atoms with Gasteiger partial charge in [-0.05, 0) is 51.0 Å². The molecule has 3 rings (SSSR count). The highest BCUT2D eigenvalue weighted by atomic mass is 35.5. The lowest BCUT2D eigenvalue weighted by Crippen LogP contribution is -2.55. The first-order valence-electron chi connectivity index (χ1n) is 11.5. The van der Waals surface area contributed by atoms with Crippen LogP contribution in [0.2, 0.25) is 5.02 Å². The molecule has 11 heteroatoms. The van der Waals surface area contributed by atoms with Crippen molar-refractivity contribution in [2.75, 3.05) is 23.9 Å². The summed E-state index contributed by atoms with van der Waals surface area (Å²) in [5, 5.41) is 3.36. The van der Waals surface area contributed by atoms with Crippen LogP contribution in [-0.4, -0.2) is 56.3 Å². The van der Waals surface area contributed by atoms with Crippen molar-refractivity contribution in [2.45, 2.75) is 52.2 Å². The second kappa shape index (κ2) is 11.0. The summed E-state index contributed by atoms with van der Waals surface area (Å²) in [4.78, 5) is 28.3. The molecule has 0 spiro atoms. The first kappa shape index (κ1) is 27.6. The highest BCUT2D eigenvalue weighted by Gasteiger charge is 2.33. The largest absolute Gasteiger partial charge is 0.454 e. The average molecular weight is 538 g/mol. The van der Waals surface area contributed by atoms with E-state index < -0.39 is 34.1 Å². The number of carbonyl (C=O) groups is 2. The molecule has 0 aliphatic carbocycles. The van der Waals surface area contributed by atoms with E-state index in [2.05, 4.69) is 5.32 Å². The van der Waals surface area contributed by atoms with Gasteiger partial charge in [-0.1, -0.05) is 36.7 Å². The summed E-state index contributed by atoms with van der Waals surface area (Å²) >= 11 is 6.36. The molecule has 0 radical (unpaired) electrons. The number of amides is 2. The second-order valence-corrected chi connectivity index (χ2v) is 11.9. The molecule has 1 unspecified atom stereocenters. The molecule has 0 fully saturated rings. The van der Waals surface area contributed by atoms with Crippen LogP contribution in [0.15, 0.2) is 42.5 Å². The van der Waals surface area contributed by atoms with Crippen LogP contribution in [0.5, 0.6) is 11.5 Å². The van der Waals surface area contributed by atoms with E-state index in [1.54, 1.807) is 43.3 Å². The number of fused-ring (bicyclic) bond motifs is 1. The lowest BCUT2D eigenvalue weighted by molar-refractivity contribution is -0.141. The van der Waals surface area contributed by atoms with Gasteiger partial charge in [0.15, 0.2) is 11.5 Å². The Hall–Kier alpha value is -2.98. The minimum absolute atomic E-state index is 0.0310. The summed E-state index contributed by atoms with van der Waals surface area (Å²) in [5.74, 6) is -0.00501. The van der Waals surface area contributed by atoms with Gasteiger partial charge < -0.3 is 19.7 Å². The number of halogens is 1. The zero-order valence-corrected chi connectivity index (χ0v) is 22.6. The number of hydrogen-bond donors (Lipinski definition) is 1. The van der Waals surface area contributed by atoms with Crippen LogP contribution in [0.4, 0.5) is 5.69 Å². The van der Waals surface area contributed by atoms with Crippen LogP contribution in [-0.2, 0) is 26.2 Å². The molecule has 1 heterocycles. The average Bonchev–Trinajstić information content (AvgIpc) is 3.24. The normalized spacial score (nSPS) is 13.7. The lowest BCUT2D eigenvalue weighted by Gasteiger charge is -2.34. The van der Waals surface area contributed by atoms with Crippen molar-refractivity contribution in [2.24, 2.45) is 0 Å². The highest BCUT2D eigenvalue weighted by Crippen LogP contribution is 2.36. The third kappa shape index (κ3) is 6.82. The number of benzene rings is 2. The van der Waals surface area contributed by atoms with Crippen LogP contribution in [0.3, 0.4) is 0 Å². The molecule has 1 N–H and O–H groups in total. The number of rotatable bonds is 9. The van der Waals surface area contributed by atoms with Gasteiger partial charge in [-0.15, -0.1) is 0 Å². The van der Waals surface area contributed by atoms with Crippen LogP contribution in [0, 0.1) is 0 Å². The van der Waals surface area contributed by atoms with Crippen LogP contribution >= 0.6 is 11.6 Å². The first-order chi connectivity index (χ1) is 16.8. The topological polar surface area (TPSA) is 105 Å². The molecule has 196 valence electrons. The van der Waals surface area contributed by atoms with Crippen molar-refractivity contribution in [3.63, 3.8) is 0 Å². The van der Waals surface area contributed by atoms with Crippen molar-refractivity contribution in [3.05, 3.63) is 53.1 Å². The monoisotopic (exact) mass is 537 g/mol. The third-order valence-electron chi connectivity index (χ3n) is 5.51. The fourth-order valence-corrected chi connectivity index (χ4v) is 4.87. The molecule has 1 aliphatic heterocycles. The standard InChI is InChI=1S/C25H32ClN3O6S/c1-6-20(24(31)27-25(2,3)4)28(14-17-9-7-8-10-19(17)26)23(30)15-29(36(5,32)33)18-11-12-21-22(13-18)35-16-34-21/h7-13,20H,6,14-16H2,1-5H3,(H,27,31).